The monoisotopic (exact) mass is 294 g/mol. The second kappa shape index (κ2) is 5.91. The number of nitrogens with two attached hydrogens (primary N) is 1. The van der Waals surface area contributed by atoms with Crippen LogP contribution in [0.3, 0.4) is 0 Å². The normalized spacial score (nSPS) is 11.2. The third-order valence-corrected chi connectivity index (χ3v) is 2.89. The van der Waals surface area contributed by atoms with Gasteiger partial charge in [-0.25, -0.2) is 4.79 Å². The van der Waals surface area contributed by atoms with E-state index in [1.807, 2.05) is 6.07 Å². The van der Waals surface area contributed by atoms with Gasteiger partial charge in [-0.15, -0.1) is 0 Å². The second-order valence-electron chi connectivity index (χ2n) is 4.48. The Bertz CT molecular complexity index is 644. The van der Waals surface area contributed by atoms with Gasteiger partial charge in [-0.3, -0.25) is 0 Å². The van der Waals surface area contributed by atoms with Crippen LogP contribution in [0.15, 0.2) is 48.5 Å². The van der Waals surface area contributed by atoms with Crippen LogP contribution in [0.5, 0.6) is 0 Å². The van der Waals surface area contributed by atoms with Crippen molar-refractivity contribution >= 4 is 24.1 Å². The molecule has 2 rings (SSSR count). The minimum atomic E-state index is -5.19. The van der Waals surface area contributed by atoms with Gasteiger partial charge in [-0.2, -0.15) is 0 Å². The van der Waals surface area contributed by atoms with Crippen molar-refractivity contribution in [3.63, 3.8) is 0 Å². The summed E-state index contributed by atoms with van der Waals surface area (Å²) in [5.41, 5.74) is 4.74. The summed E-state index contributed by atoms with van der Waals surface area (Å²) >= 11 is 0. The Labute approximate surface area is 119 Å². The van der Waals surface area contributed by atoms with E-state index in [4.69, 9.17) is 10.5 Å². The number of ether oxygens (including phenoxy) is 1. The molecule has 0 aromatic heterocycles. The number of nitrogen functional groups attached to an aromatic ring is 1. The van der Waals surface area contributed by atoms with E-state index in [1.165, 1.54) is 0 Å². The minimum absolute atomic E-state index is 0.00719. The fourth-order valence-electron chi connectivity index (χ4n) is 1.81. The van der Waals surface area contributed by atoms with E-state index in [0.717, 1.165) is 23.8 Å². The molecule has 2 N–H and O–H groups in total. The van der Waals surface area contributed by atoms with E-state index in [9.17, 15) is 17.7 Å². The zero-order valence-corrected chi connectivity index (χ0v) is 10.9. The van der Waals surface area contributed by atoms with Crippen molar-refractivity contribution in [1.29, 1.82) is 0 Å². The van der Waals surface area contributed by atoms with Gasteiger partial charge in [-0.1, -0.05) is 47.9 Å². The van der Waals surface area contributed by atoms with E-state index in [1.54, 1.807) is 24.3 Å². The summed E-state index contributed by atoms with van der Waals surface area (Å²) in [6.07, 6.45) is 0. The maximum Gasteiger partial charge on any atom is 0.511 e. The molecule has 0 radical (unpaired) electrons. The number of carbonyl (C=O) groups is 1. The fraction of sp³-hybridized carbons (Fsp3) is 0.0714. The lowest BCUT2D eigenvalue weighted by molar-refractivity contribution is 0.0473. The number of anilines is 1. The van der Waals surface area contributed by atoms with E-state index in [0.29, 0.717) is 0 Å². The number of hydrogen-bond acceptors (Lipinski definition) is 3. The number of rotatable bonds is 4. The van der Waals surface area contributed by atoms with Gasteiger partial charge in [0.15, 0.2) is 0 Å². The lowest BCUT2D eigenvalue weighted by Gasteiger charge is -2.17. The molecule has 0 aliphatic rings. The average Bonchev–Trinajstić information content (AvgIpc) is 2.44. The first-order valence-corrected chi connectivity index (χ1v) is 6.18. The summed E-state index contributed by atoms with van der Waals surface area (Å²) in [5, 5.41) is 0. The molecular weight excluding hydrogens is 282 g/mol. The molecule has 0 bridgehead atoms. The molecule has 0 saturated heterocycles. The van der Waals surface area contributed by atoms with E-state index in [2.05, 4.69) is 0 Å². The van der Waals surface area contributed by atoms with Gasteiger partial charge in [0.25, 0.3) is 0 Å². The molecule has 0 aliphatic carbocycles. The Morgan fingerprint density at radius 2 is 1.76 bits per heavy atom. The van der Waals surface area contributed by atoms with Gasteiger partial charge in [-0.05, 0) is 11.6 Å². The molecule has 3 nitrogen and oxygen atoms in total. The van der Waals surface area contributed by atoms with Crippen LogP contribution in [0.2, 0.25) is 0 Å². The van der Waals surface area contributed by atoms with E-state index in [-0.39, 0.29) is 12.2 Å². The second-order valence-corrected chi connectivity index (χ2v) is 4.48. The molecule has 0 aliphatic heterocycles. The Balaban J connectivity index is 2.08. The van der Waals surface area contributed by atoms with Crippen molar-refractivity contribution < 1.29 is 22.5 Å². The summed E-state index contributed by atoms with van der Waals surface area (Å²) in [4.78, 5) is 11.8. The largest absolute Gasteiger partial charge is 0.511 e. The molecular formula is C14H12BF3NO2-. The Morgan fingerprint density at radius 1 is 1.10 bits per heavy atom. The molecule has 0 unspecified atom stereocenters. The van der Waals surface area contributed by atoms with Crippen LogP contribution in [0.4, 0.5) is 18.6 Å². The third-order valence-electron chi connectivity index (χ3n) is 2.89. The predicted octanol–water partition coefficient (Wildman–Crippen LogP) is 2.68. The summed E-state index contributed by atoms with van der Waals surface area (Å²) in [7, 11) is 0. The first-order valence-electron chi connectivity index (χ1n) is 6.18. The molecule has 0 spiro atoms. The first-order chi connectivity index (χ1) is 9.88. The van der Waals surface area contributed by atoms with Gasteiger partial charge in [0.05, 0.1) is 5.56 Å². The van der Waals surface area contributed by atoms with Gasteiger partial charge in [0, 0.05) is 5.69 Å². The van der Waals surface area contributed by atoms with Crippen molar-refractivity contribution in [1.82, 2.24) is 0 Å². The summed E-state index contributed by atoms with van der Waals surface area (Å²) in [6, 6.07) is 11.8. The van der Waals surface area contributed by atoms with Crippen LogP contribution in [-0.4, -0.2) is 12.9 Å². The molecule has 0 fully saturated rings. The highest BCUT2D eigenvalue weighted by Crippen LogP contribution is 2.16. The molecule has 7 heteroatoms. The fourth-order valence-corrected chi connectivity index (χ4v) is 1.81. The molecule has 0 atom stereocenters. The molecule has 21 heavy (non-hydrogen) atoms. The van der Waals surface area contributed by atoms with Crippen molar-refractivity contribution in [2.24, 2.45) is 0 Å². The number of benzene rings is 2. The molecule has 2 aromatic carbocycles. The maximum atomic E-state index is 12.6. The number of hydrogen-bond donors (Lipinski definition) is 1. The number of halogens is 3. The summed E-state index contributed by atoms with van der Waals surface area (Å²) in [6.45, 7) is -5.15. The van der Waals surface area contributed by atoms with Crippen LogP contribution >= 0.6 is 0 Å². The topological polar surface area (TPSA) is 52.3 Å². The van der Waals surface area contributed by atoms with Crippen molar-refractivity contribution in [2.45, 2.75) is 6.61 Å². The summed E-state index contributed by atoms with van der Waals surface area (Å²) in [5.74, 6) is -0.716. The van der Waals surface area contributed by atoms with Crippen molar-refractivity contribution in [2.75, 3.05) is 5.73 Å². The Hall–Kier alpha value is -2.44. The number of carbonyl (C=O) groups excluding carboxylic acids is 1. The maximum absolute atomic E-state index is 12.6. The highest BCUT2D eigenvalue weighted by molar-refractivity contribution is 6.75. The summed E-state index contributed by atoms with van der Waals surface area (Å²) < 4.78 is 42.9. The highest BCUT2D eigenvalue weighted by Gasteiger charge is 2.28. The van der Waals surface area contributed by atoms with Crippen LogP contribution < -0.4 is 11.2 Å². The van der Waals surface area contributed by atoms with Gasteiger partial charge >= 0.3 is 12.9 Å². The van der Waals surface area contributed by atoms with Gasteiger partial charge < -0.3 is 23.4 Å². The number of esters is 1. The van der Waals surface area contributed by atoms with Crippen LogP contribution in [-0.2, 0) is 11.3 Å². The molecule has 110 valence electrons. The average molecular weight is 294 g/mol. The van der Waals surface area contributed by atoms with Crippen LogP contribution in [0.25, 0.3) is 0 Å². The third kappa shape index (κ3) is 3.78. The van der Waals surface area contributed by atoms with Gasteiger partial charge in [0.2, 0.25) is 0 Å². The minimum Gasteiger partial charge on any atom is -0.457 e. The Morgan fingerprint density at radius 3 is 2.33 bits per heavy atom. The predicted molar refractivity (Wildman–Crippen MR) is 75.1 cm³/mol. The van der Waals surface area contributed by atoms with Crippen LogP contribution in [0, 0.1) is 0 Å². The quantitative estimate of drug-likeness (QED) is 0.536. The lowest BCUT2D eigenvalue weighted by atomic mass is 9.78. The Kier molecular flexibility index (Phi) is 4.21. The molecule has 0 heterocycles. The zero-order chi connectivity index (χ0) is 15.5. The smallest absolute Gasteiger partial charge is 0.457 e. The van der Waals surface area contributed by atoms with E-state index < -0.39 is 24.1 Å². The van der Waals surface area contributed by atoms with Crippen LogP contribution in [0.1, 0.15) is 15.9 Å². The first kappa shape index (κ1) is 15.0. The highest BCUT2D eigenvalue weighted by atomic mass is 19.4. The van der Waals surface area contributed by atoms with Crippen molar-refractivity contribution in [3.8, 4) is 0 Å². The van der Waals surface area contributed by atoms with E-state index >= 15 is 0 Å². The molecule has 0 amide bonds. The lowest BCUT2D eigenvalue weighted by Crippen LogP contribution is -2.36. The molecule has 0 saturated carbocycles. The van der Waals surface area contributed by atoms with Crippen molar-refractivity contribution in [3.05, 3.63) is 59.7 Å². The standard InChI is InChI=1S/C14H12BF3NO2/c16-15(17,18)12-7-6-11(8-13(12)19)14(20)21-9-10-4-2-1-3-5-10/h1-8H,9,19H2/q-1. The zero-order valence-electron chi connectivity index (χ0n) is 10.9. The van der Waals surface area contributed by atoms with Gasteiger partial charge in [0.1, 0.15) is 6.61 Å². The SMILES string of the molecule is Nc1cc(C(=O)OCc2ccccc2)ccc1[B-](F)(F)F. The molecule has 2 aromatic rings.